The number of methoxy groups -OCH3 is 1. The number of hydrogen-bond acceptors (Lipinski definition) is 4. The van der Waals surface area contributed by atoms with Crippen molar-refractivity contribution < 1.29 is 14.3 Å². The van der Waals surface area contributed by atoms with Crippen molar-refractivity contribution in [1.29, 1.82) is 0 Å². The fraction of sp³-hybridized carbons (Fsp3) is 0.235. The van der Waals surface area contributed by atoms with E-state index in [1.165, 1.54) is 0 Å². The second kappa shape index (κ2) is 8.29. The predicted molar refractivity (Wildman–Crippen MR) is 91.8 cm³/mol. The molecule has 23 heavy (non-hydrogen) atoms. The van der Waals surface area contributed by atoms with Crippen molar-refractivity contribution in [2.75, 3.05) is 32.6 Å². The third-order valence-corrected chi connectivity index (χ3v) is 3.51. The second-order valence-corrected chi connectivity index (χ2v) is 5.13. The number of halogens is 1. The number of nitrogens with one attached hydrogen (secondary N) is 2. The van der Waals surface area contributed by atoms with Gasteiger partial charge in [-0.1, -0.05) is 11.6 Å². The van der Waals surface area contributed by atoms with Crippen LogP contribution < -0.4 is 20.1 Å². The van der Waals surface area contributed by atoms with E-state index in [9.17, 15) is 4.79 Å². The Labute approximate surface area is 140 Å². The fourth-order valence-corrected chi connectivity index (χ4v) is 2.25. The van der Waals surface area contributed by atoms with Crippen LogP contribution in [-0.4, -0.2) is 33.2 Å². The van der Waals surface area contributed by atoms with E-state index in [-0.39, 0.29) is 5.91 Å². The van der Waals surface area contributed by atoms with E-state index in [0.29, 0.717) is 23.7 Å². The van der Waals surface area contributed by atoms with Gasteiger partial charge in [-0.2, -0.15) is 0 Å². The summed E-state index contributed by atoms with van der Waals surface area (Å²) in [6, 6.07) is 12.6. The van der Waals surface area contributed by atoms with Crippen LogP contribution in [0, 0.1) is 0 Å². The molecule has 2 aromatic rings. The van der Waals surface area contributed by atoms with Crippen molar-refractivity contribution in [3.8, 4) is 11.5 Å². The van der Waals surface area contributed by atoms with Crippen LogP contribution in [0.5, 0.6) is 11.5 Å². The first kappa shape index (κ1) is 17.0. The molecule has 0 aromatic heterocycles. The minimum absolute atomic E-state index is 0.204. The summed E-state index contributed by atoms with van der Waals surface area (Å²) in [4.78, 5) is 11.6. The Hall–Kier alpha value is -2.40. The van der Waals surface area contributed by atoms with Crippen molar-refractivity contribution in [3.05, 3.63) is 53.1 Å². The molecular formula is C17H19ClN2O3. The van der Waals surface area contributed by atoms with Crippen LogP contribution in [0.3, 0.4) is 0 Å². The number of rotatable bonds is 7. The van der Waals surface area contributed by atoms with E-state index in [1.54, 1.807) is 26.3 Å². The third kappa shape index (κ3) is 4.79. The average molecular weight is 335 g/mol. The Balaban J connectivity index is 1.81. The van der Waals surface area contributed by atoms with E-state index in [1.807, 2.05) is 30.3 Å². The topological polar surface area (TPSA) is 59.6 Å². The van der Waals surface area contributed by atoms with Crippen LogP contribution >= 0.6 is 11.6 Å². The van der Waals surface area contributed by atoms with Gasteiger partial charge in [0, 0.05) is 19.3 Å². The molecule has 0 aliphatic carbocycles. The number of hydrogen-bond donors (Lipinski definition) is 2. The number of carbonyl (C=O) groups excluding carboxylic acids is 1. The normalized spacial score (nSPS) is 10.0. The molecule has 0 aliphatic heterocycles. The molecule has 0 aliphatic rings. The molecule has 0 radical (unpaired) electrons. The zero-order chi connectivity index (χ0) is 16.7. The summed E-state index contributed by atoms with van der Waals surface area (Å²) in [5.41, 5.74) is 1.29. The molecule has 1 amide bonds. The molecule has 5 nitrogen and oxygen atoms in total. The molecule has 2 aromatic carbocycles. The van der Waals surface area contributed by atoms with E-state index < -0.39 is 0 Å². The van der Waals surface area contributed by atoms with Gasteiger partial charge in [0.25, 0.3) is 5.91 Å². The fourth-order valence-electron chi connectivity index (χ4n) is 1.98. The van der Waals surface area contributed by atoms with Gasteiger partial charge >= 0.3 is 0 Å². The van der Waals surface area contributed by atoms with Crippen molar-refractivity contribution in [2.24, 2.45) is 0 Å². The molecule has 0 heterocycles. The molecule has 0 saturated carbocycles. The van der Waals surface area contributed by atoms with Gasteiger partial charge in [0.05, 0.1) is 17.7 Å². The Morgan fingerprint density at radius 3 is 2.43 bits per heavy atom. The number of anilines is 1. The van der Waals surface area contributed by atoms with Crippen LogP contribution in [0.15, 0.2) is 42.5 Å². The summed E-state index contributed by atoms with van der Waals surface area (Å²) in [7, 11) is 3.20. The summed E-state index contributed by atoms with van der Waals surface area (Å²) >= 11 is 6.10. The maximum Gasteiger partial charge on any atom is 0.252 e. The Bertz CT molecular complexity index is 659. The van der Waals surface area contributed by atoms with E-state index in [0.717, 1.165) is 17.2 Å². The van der Waals surface area contributed by atoms with Crippen LogP contribution in [0.4, 0.5) is 5.69 Å². The summed E-state index contributed by atoms with van der Waals surface area (Å²) in [5.74, 6) is 1.37. The van der Waals surface area contributed by atoms with E-state index >= 15 is 0 Å². The first-order valence-corrected chi connectivity index (χ1v) is 7.54. The van der Waals surface area contributed by atoms with E-state index in [4.69, 9.17) is 21.1 Å². The molecule has 2 N–H and O–H groups in total. The van der Waals surface area contributed by atoms with Gasteiger partial charge < -0.3 is 20.1 Å². The van der Waals surface area contributed by atoms with Crippen molar-refractivity contribution in [3.63, 3.8) is 0 Å². The summed E-state index contributed by atoms with van der Waals surface area (Å²) in [5, 5.41) is 6.15. The highest BCUT2D eigenvalue weighted by Gasteiger charge is 2.08. The first-order chi connectivity index (χ1) is 11.1. The highest BCUT2D eigenvalue weighted by molar-refractivity contribution is 6.34. The zero-order valence-corrected chi connectivity index (χ0v) is 13.8. The lowest BCUT2D eigenvalue weighted by molar-refractivity contribution is 0.0963. The highest BCUT2D eigenvalue weighted by Crippen LogP contribution is 2.21. The number of benzene rings is 2. The Morgan fingerprint density at radius 1 is 1.13 bits per heavy atom. The number of ether oxygens (including phenoxy) is 2. The van der Waals surface area contributed by atoms with Crippen LogP contribution in [0.2, 0.25) is 5.02 Å². The summed E-state index contributed by atoms with van der Waals surface area (Å²) in [6.45, 7) is 1.11. The van der Waals surface area contributed by atoms with Crippen molar-refractivity contribution in [2.45, 2.75) is 0 Å². The van der Waals surface area contributed by atoms with Gasteiger partial charge in [0.15, 0.2) is 0 Å². The Kier molecular flexibility index (Phi) is 6.11. The van der Waals surface area contributed by atoms with Crippen LogP contribution in [0.1, 0.15) is 10.4 Å². The van der Waals surface area contributed by atoms with Crippen LogP contribution in [0.25, 0.3) is 0 Å². The molecular weight excluding hydrogens is 316 g/mol. The maximum atomic E-state index is 11.6. The maximum absolute atomic E-state index is 11.6. The average Bonchev–Trinajstić information content (AvgIpc) is 2.58. The molecule has 6 heteroatoms. The molecule has 0 fully saturated rings. The van der Waals surface area contributed by atoms with Crippen LogP contribution in [-0.2, 0) is 0 Å². The van der Waals surface area contributed by atoms with E-state index in [2.05, 4.69) is 10.6 Å². The van der Waals surface area contributed by atoms with Gasteiger partial charge in [-0.25, -0.2) is 0 Å². The monoisotopic (exact) mass is 334 g/mol. The van der Waals surface area contributed by atoms with Gasteiger partial charge in [-0.3, -0.25) is 4.79 Å². The lowest BCUT2D eigenvalue weighted by atomic mass is 10.2. The standard InChI is InChI=1S/C17H19ClN2O3/c1-19-17(21)15-8-3-12(11-16(15)18)20-9-10-23-14-6-4-13(22-2)5-7-14/h3-8,11,20H,9-10H2,1-2H3,(H,19,21). The van der Waals surface area contributed by atoms with Gasteiger partial charge in [-0.05, 0) is 42.5 Å². The first-order valence-electron chi connectivity index (χ1n) is 7.16. The lowest BCUT2D eigenvalue weighted by Crippen LogP contribution is -2.18. The largest absolute Gasteiger partial charge is 0.497 e. The second-order valence-electron chi connectivity index (χ2n) is 4.72. The molecule has 2 rings (SSSR count). The number of carbonyl (C=O) groups is 1. The molecule has 0 atom stereocenters. The quantitative estimate of drug-likeness (QED) is 0.763. The number of amides is 1. The molecule has 0 unspecified atom stereocenters. The van der Waals surface area contributed by atoms with Crippen molar-refractivity contribution in [1.82, 2.24) is 5.32 Å². The highest BCUT2D eigenvalue weighted by atomic mass is 35.5. The zero-order valence-electron chi connectivity index (χ0n) is 13.1. The molecule has 0 spiro atoms. The third-order valence-electron chi connectivity index (χ3n) is 3.20. The molecule has 122 valence electrons. The molecule has 0 bridgehead atoms. The van der Waals surface area contributed by atoms with Crippen molar-refractivity contribution >= 4 is 23.2 Å². The van der Waals surface area contributed by atoms with Gasteiger partial charge in [-0.15, -0.1) is 0 Å². The minimum atomic E-state index is -0.204. The van der Waals surface area contributed by atoms with Gasteiger partial charge in [0.1, 0.15) is 18.1 Å². The van der Waals surface area contributed by atoms with Gasteiger partial charge in [0.2, 0.25) is 0 Å². The lowest BCUT2D eigenvalue weighted by Gasteiger charge is -2.10. The SMILES string of the molecule is CNC(=O)c1ccc(NCCOc2ccc(OC)cc2)cc1Cl. The minimum Gasteiger partial charge on any atom is -0.497 e. The summed E-state index contributed by atoms with van der Waals surface area (Å²) in [6.07, 6.45) is 0. The molecule has 0 saturated heterocycles. The predicted octanol–water partition coefficient (Wildman–Crippen LogP) is 3.20. The summed E-state index contributed by atoms with van der Waals surface area (Å²) < 4.78 is 10.7. The smallest absolute Gasteiger partial charge is 0.252 e. The Morgan fingerprint density at radius 2 is 1.83 bits per heavy atom.